The van der Waals surface area contributed by atoms with Crippen molar-refractivity contribution in [2.24, 2.45) is 0 Å². The number of nitrogens with zero attached hydrogens (tertiary/aromatic N) is 1. The lowest BCUT2D eigenvalue weighted by Gasteiger charge is -1.96. The molecule has 16 heavy (non-hydrogen) atoms. The first-order valence-electron chi connectivity index (χ1n) is 5.27. The molecule has 3 nitrogen and oxygen atoms in total. The zero-order valence-electron chi connectivity index (χ0n) is 8.97. The molecule has 0 bridgehead atoms. The van der Waals surface area contributed by atoms with Crippen LogP contribution in [0.2, 0.25) is 0 Å². The van der Waals surface area contributed by atoms with Crippen LogP contribution in [0.4, 0.5) is 0 Å². The molecule has 3 heteroatoms. The van der Waals surface area contributed by atoms with Gasteiger partial charge in [-0.05, 0) is 5.56 Å². The first-order valence-corrected chi connectivity index (χ1v) is 5.27. The minimum atomic E-state index is 0.732. The van der Waals surface area contributed by atoms with E-state index in [1.54, 1.807) is 6.26 Å². The molecule has 0 aliphatic heterocycles. The fraction of sp³-hybridized carbons (Fsp3) is 0.154. The number of aromatic nitrogens is 1. The van der Waals surface area contributed by atoms with Crippen LogP contribution in [0.15, 0.2) is 53.3 Å². The summed E-state index contributed by atoms with van der Waals surface area (Å²) in [6.07, 6.45) is 5.77. The number of nitrogens with one attached hydrogen (secondary N) is 1. The van der Waals surface area contributed by atoms with E-state index in [-0.39, 0.29) is 0 Å². The van der Waals surface area contributed by atoms with Crippen molar-refractivity contribution < 1.29 is 4.52 Å². The zero-order valence-corrected chi connectivity index (χ0v) is 8.97. The molecule has 1 N–H and O–H groups in total. The fourth-order valence-electron chi connectivity index (χ4n) is 1.37. The highest BCUT2D eigenvalue weighted by Gasteiger charge is 1.92. The van der Waals surface area contributed by atoms with Crippen molar-refractivity contribution >= 4 is 6.08 Å². The molecule has 82 valence electrons. The van der Waals surface area contributed by atoms with Gasteiger partial charge in [0.1, 0.15) is 6.26 Å². The lowest BCUT2D eigenvalue weighted by atomic mass is 10.2. The number of rotatable bonds is 5. The molecule has 0 saturated carbocycles. The van der Waals surface area contributed by atoms with Crippen LogP contribution < -0.4 is 5.32 Å². The summed E-state index contributed by atoms with van der Waals surface area (Å²) < 4.78 is 4.73. The summed E-state index contributed by atoms with van der Waals surface area (Å²) in [5.74, 6) is 0. The Kier molecular flexibility index (Phi) is 3.91. The Morgan fingerprint density at radius 2 is 2.06 bits per heavy atom. The maximum Gasteiger partial charge on any atom is 0.124 e. The molecule has 0 aliphatic carbocycles. The van der Waals surface area contributed by atoms with Gasteiger partial charge in [0, 0.05) is 19.2 Å². The molecule has 0 unspecified atom stereocenters. The quantitative estimate of drug-likeness (QED) is 0.777. The van der Waals surface area contributed by atoms with E-state index >= 15 is 0 Å². The summed E-state index contributed by atoms with van der Waals surface area (Å²) >= 11 is 0. The molecular weight excluding hydrogens is 200 g/mol. The highest BCUT2D eigenvalue weighted by atomic mass is 16.5. The molecule has 0 spiro atoms. The van der Waals surface area contributed by atoms with Crippen LogP contribution in [-0.2, 0) is 6.54 Å². The van der Waals surface area contributed by atoms with Crippen LogP contribution in [0.1, 0.15) is 11.3 Å². The van der Waals surface area contributed by atoms with E-state index in [0.717, 1.165) is 18.8 Å². The SMILES string of the molecule is C(=C\c1ccccc1)/CNCc1ccon1. The molecule has 2 rings (SSSR count). The van der Waals surface area contributed by atoms with Gasteiger partial charge in [-0.3, -0.25) is 0 Å². The van der Waals surface area contributed by atoms with E-state index in [0.29, 0.717) is 0 Å². The first-order chi connectivity index (χ1) is 7.95. The van der Waals surface area contributed by atoms with Crippen LogP contribution in [0.3, 0.4) is 0 Å². The molecule has 2 aromatic rings. The molecule has 1 aromatic heterocycles. The maximum atomic E-state index is 4.73. The standard InChI is InChI=1S/C13H14N2O/c1-2-5-12(6-3-1)7-4-9-14-11-13-8-10-16-15-13/h1-8,10,14H,9,11H2/b7-4+. The summed E-state index contributed by atoms with van der Waals surface area (Å²) in [5, 5.41) is 7.06. The number of benzene rings is 1. The molecule has 0 amide bonds. The second kappa shape index (κ2) is 5.88. The monoisotopic (exact) mass is 214 g/mol. The fourth-order valence-corrected chi connectivity index (χ4v) is 1.37. The van der Waals surface area contributed by atoms with Gasteiger partial charge in [-0.25, -0.2) is 0 Å². The Balaban J connectivity index is 1.70. The van der Waals surface area contributed by atoms with Gasteiger partial charge in [0.15, 0.2) is 0 Å². The van der Waals surface area contributed by atoms with Gasteiger partial charge in [0.05, 0.1) is 5.69 Å². The van der Waals surface area contributed by atoms with Crippen molar-refractivity contribution in [3.8, 4) is 0 Å². The van der Waals surface area contributed by atoms with E-state index in [4.69, 9.17) is 4.52 Å². The van der Waals surface area contributed by atoms with Gasteiger partial charge >= 0.3 is 0 Å². The molecule has 0 atom stereocenters. The second-order valence-electron chi connectivity index (χ2n) is 3.43. The topological polar surface area (TPSA) is 38.1 Å². The van der Waals surface area contributed by atoms with Gasteiger partial charge in [-0.2, -0.15) is 0 Å². The smallest absolute Gasteiger partial charge is 0.124 e. The minimum absolute atomic E-state index is 0.732. The van der Waals surface area contributed by atoms with E-state index in [1.165, 1.54) is 5.56 Å². The summed E-state index contributed by atoms with van der Waals surface area (Å²) in [5.41, 5.74) is 2.14. The molecular formula is C13H14N2O. The summed E-state index contributed by atoms with van der Waals surface area (Å²) in [7, 11) is 0. The average Bonchev–Trinajstić information content (AvgIpc) is 2.83. The highest BCUT2D eigenvalue weighted by Crippen LogP contribution is 2.00. The van der Waals surface area contributed by atoms with Gasteiger partial charge in [0.2, 0.25) is 0 Å². The van der Waals surface area contributed by atoms with E-state index in [9.17, 15) is 0 Å². The highest BCUT2D eigenvalue weighted by molar-refractivity contribution is 5.48. The lowest BCUT2D eigenvalue weighted by molar-refractivity contribution is 0.409. The van der Waals surface area contributed by atoms with Gasteiger partial charge < -0.3 is 9.84 Å². The van der Waals surface area contributed by atoms with Crippen LogP contribution in [-0.4, -0.2) is 11.7 Å². The maximum absolute atomic E-state index is 4.73. The van der Waals surface area contributed by atoms with Crippen molar-refractivity contribution in [1.29, 1.82) is 0 Å². The Morgan fingerprint density at radius 1 is 1.19 bits per heavy atom. The molecule has 0 fully saturated rings. The third-order valence-corrected chi connectivity index (χ3v) is 2.17. The molecule has 0 radical (unpaired) electrons. The van der Waals surface area contributed by atoms with Gasteiger partial charge in [0.25, 0.3) is 0 Å². The van der Waals surface area contributed by atoms with Crippen molar-refractivity contribution in [2.75, 3.05) is 6.54 Å². The van der Waals surface area contributed by atoms with Crippen molar-refractivity contribution in [3.05, 3.63) is 60.0 Å². The summed E-state index contributed by atoms with van der Waals surface area (Å²) in [6, 6.07) is 12.1. The van der Waals surface area contributed by atoms with Crippen molar-refractivity contribution in [3.63, 3.8) is 0 Å². The summed E-state index contributed by atoms with van der Waals surface area (Å²) in [6.45, 7) is 1.55. The van der Waals surface area contributed by atoms with Crippen molar-refractivity contribution in [1.82, 2.24) is 10.5 Å². The van der Waals surface area contributed by atoms with E-state index in [1.807, 2.05) is 24.3 Å². The third kappa shape index (κ3) is 3.37. The van der Waals surface area contributed by atoms with Gasteiger partial charge in [-0.1, -0.05) is 47.6 Å². The predicted molar refractivity (Wildman–Crippen MR) is 63.7 cm³/mol. The predicted octanol–water partition coefficient (Wildman–Crippen LogP) is 2.48. The second-order valence-corrected chi connectivity index (χ2v) is 3.43. The lowest BCUT2D eigenvalue weighted by Crippen LogP contribution is -2.12. The largest absolute Gasteiger partial charge is 0.364 e. The average molecular weight is 214 g/mol. The molecule has 0 saturated heterocycles. The Morgan fingerprint density at radius 3 is 2.81 bits per heavy atom. The normalized spacial score (nSPS) is 11.0. The Hall–Kier alpha value is -1.87. The Labute approximate surface area is 94.8 Å². The summed E-state index contributed by atoms with van der Waals surface area (Å²) in [4.78, 5) is 0. The zero-order chi connectivity index (χ0) is 11.1. The van der Waals surface area contributed by atoms with E-state index < -0.39 is 0 Å². The van der Waals surface area contributed by atoms with Crippen LogP contribution in [0.5, 0.6) is 0 Å². The van der Waals surface area contributed by atoms with Crippen LogP contribution in [0.25, 0.3) is 6.08 Å². The Bertz CT molecular complexity index is 420. The third-order valence-electron chi connectivity index (χ3n) is 2.17. The van der Waals surface area contributed by atoms with Crippen LogP contribution >= 0.6 is 0 Å². The molecule has 0 aliphatic rings. The molecule has 1 aromatic carbocycles. The number of hydrogen-bond donors (Lipinski definition) is 1. The molecule has 1 heterocycles. The van der Waals surface area contributed by atoms with Crippen molar-refractivity contribution in [2.45, 2.75) is 6.54 Å². The minimum Gasteiger partial charge on any atom is -0.364 e. The van der Waals surface area contributed by atoms with E-state index in [2.05, 4.69) is 34.8 Å². The van der Waals surface area contributed by atoms with Crippen LogP contribution in [0, 0.1) is 0 Å². The van der Waals surface area contributed by atoms with Gasteiger partial charge in [-0.15, -0.1) is 0 Å². The first kappa shape index (κ1) is 10.6. The number of hydrogen-bond acceptors (Lipinski definition) is 3.